The van der Waals surface area contributed by atoms with Gasteiger partial charge in [-0.15, -0.1) is 0 Å². The smallest absolute Gasteiger partial charge is 0.339 e. The van der Waals surface area contributed by atoms with E-state index in [0.29, 0.717) is 5.69 Å². The molecule has 1 aromatic heterocycles. The molecule has 2 aromatic carbocycles. The van der Waals surface area contributed by atoms with Crippen molar-refractivity contribution in [3.05, 3.63) is 71.9 Å². The number of carboxylic acid groups (broad SMARTS) is 1. The number of carboxylic acids is 1. The van der Waals surface area contributed by atoms with Crippen LogP contribution in [0.1, 0.15) is 16.1 Å². The van der Waals surface area contributed by atoms with E-state index in [2.05, 4.69) is 0 Å². The average molecular weight is 293 g/mol. The predicted molar refractivity (Wildman–Crippen MR) is 84.6 cm³/mol. The standard InChI is InChI=1S/C18H15NO3/c1-12-7-9-16(13-5-3-2-4-6-13)19(12)14-8-10-17(20)15(11-14)18(21)22/h2-11,20H,1H3,(H,21,22). The molecule has 3 rings (SSSR count). The monoisotopic (exact) mass is 293 g/mol. The third kappa shape index (κ3) is 2.35. The Bertz CT molecular complexity index is 835. The topological polar surface area (TPSA) is 62.5 Å². The normalized spacial score (nSPS) is 10.6. The number of benzene rings is 2. The Kier molecular flexibility index (Phi) is 3.43. The summed E-state index contributed by atoms with van der Waals surface area (Å²) in [5.74, 6) is -1.38. The Balaban J connectivity index is 2.20. The van der Waals surface area contributed by atoms with Crippen molar-refractivity contribution in [1.29, 1.82) is 0 Å². The first-order chi connectivity index (χ1) is 10.6. The molecule has 0 aliphatic rings. The van der Waals surface area contributed by atoms with E-state index in [4.69, 9.17) is 0 Å². The van der Waals surface area contributed by atoms with Crippen molar-refractivity contribution in [2.24, 2.45) is 0 Å². The van der Waals surface area contributed by atoms with Crippen LogP contribution in [0.3, 0.4) is 0 Å². The van der Waals surface area contributed by atoms with Gasteiger partial charge < -0.3 is 14.8 Å². The van der Waals surface area contributed by atoms with Crippen LogP contribution in [0.4, 0.5) is 0 Å². The summed E-state index contributed by atoms with van der Waals surface area (Å²) in [5.41, 5.74) is 3.60. The number of carbonyl (C=O) groups is 1. The van der Waals surface area contributed by atoms with Crippen molar-refractivity contribution in [3.63, 3.8) is 0 Å². The minimum absolute atomic E-state index is 0.107. The Morgan fingerprint density at radius 3 is 2.41 bits per heavy atom. The van der Waals surface area contributed by atoms with Crippen molar-refractivity contribution >= 4 is 5.97 Å². The number of hydrogen-bond donors (Lipinski definition) is 2. The van der Waals surface area contributed by atoms with Crippen LogP contribution in [-0.4, -0.2) is 20.7 Å². The zero-order chi connectivity index (χ0) is 15.7. The van der Waals surface area contributed by atoms with Gasteiger partial charge in [0.05, 0.1) is 5.69 Å². The van der Waals surface area contributed by atoms with Gasteiger partial charge in [0, 0.05) is 11.4 Å². The molecule has 0 spiro atoms. The van der Waals surface area contributed by atoms with Crippen molar-refractivity contribution in [3.8, 4) is 22.7 Å². The summed E-state index contributed by atoms with van der Waals surface area (Å²) in [6.45, 7) is 1.96. The van der Waals surface area contributed by atoms with E-state index in [1.165, 1.54) is 12.1 Å². The first-order valence-corrected chi connectivity index (χ1v) is 6.88. The molecule has 1 heterocycles. The number of aromatic hydroxyl groups is 1. The molecule has 4 nitrogen and oxygen atoms in total. The molecule has 0 bridgehead atoms. The van der Waals surface area contributed by atoms with Crippen molar-refractivity contribution in [2.45, 2.75) is 6.92 Å². The van der Waals surface area contributed by atoms with E-state index in [0.717, 1.165) is 17.0 Å². The minimum Gasteiger partial charge on any atom is -0.507 e. The second-order valence-electron chi connectivity index (χ2n) is 5.07. The minimum atomic E-state index is -1.15. The molecule has 0 saturated carbocycles. The first-order valence-electron chi connectivity index (χ1n) is 6.88. The molecule has 0 fully saturated rings. The van der Waals surface area contributed by atoms with Crippen LogP contribution in [0, 0.1) is 6.92 Å². The van der Waals surface area contributed by atoms with Gasteiger partial charge in [0.1, 0.15) is 11.3 Å². The van der Waals surface area contributed by atoms with Gasteiger partial charge in [-0.25, -0.2) is 4.79 Å². The zero-order valence-corrected chi connectivity index (χ0v) is 12.0. The molecule has 3 aromatic rings. The van der Waals surface area contributed by atoms with Crippen LogP contribution < -0.4 is 0 Å². The van der Waals surface area contributed by atoms with Crippen LogP contribution in [-0.2, 0) is 0 Å². The lowest BCUT2D eigenvalue weighted by Gasteiger charge is -2.13. The van der Waals surface area contributed by atoms with Gasteiger partial charge >= 0.3 is 5.97 Å². The van der Waals surface area contributed by atoms with Crippen molar-refractivity contribution in [2.75, 3.05) is 0 Å². The highest BCUT2D eigenvalue weighted by Crippen LogP contribution is 2.28. The Labute approximate surface area is 127 Å². The van der Waals surface area contributed by atoms with Gasteiger partial charge in [0.2, 0.25) is 0 Å². The van der Waals surface area contributed by atoms with Gasteiger partial charge in [-0.1, -0.05) is 30.3 Å². The zero-order valence-electron chi connectivity index (χ0n) is 12.0. The van der Waals surface area contributed by atoms with E-state index in [1.807, 2.05) is 54.0 Å². The second-order valence-corrected chi connectivity index (χ2v) is 5.07. The Hall–Kier alpha value is -3.01. The van der Waals surface area contributed by atoms with Gasteiger partial charge in [-0.3, -0.25) is 0 Å². The molecular formula is C18H15NO3. The lowest BCUT2D eigenvalue weighted by atomic mass is 10.1. The molecule has 0 unspecified atom stereocenters. The molecule has 2 N–H and O–H groups in total. The summed E-state index contributed by atoms with van der Waals surface area (Å²) >= 11 is 0. The molecular weight excluding hydrogens is 278 g/mol. The van der Waals surface area contributed by atoms with Crippen LogP contribution in [0.15, 0.2) is 60.7 Å². The lowest BCUT2D eigenvalue weighted by Crippen LogP contribution is -2.03. The highest BCUT2D eigenvalue weighted by Gasteiger charge is 2.14. The molecule has 0 aliphatic carbocycles. The largest absolute Gasteiger partial charge is 0.507 e. The summed E-state index contributed by atoms with van der Waals surface area (Å²) in [6.07, 6.45) is 0. The Morgan fingerprint density at radius 2 is 1.73 bits per heavy atom. The average Bonchev–Trinajstić information content (AvgIpc) is 2.90. The van der Waals surface area contributed by atoms with Gasteiger partial charge in [-0.05, 0) is 42.8 Å². The second kappa shape index (κ2) is 5.41. The third-order valence-electron chi connectivity index (χ3n) is 3.61. The highest BCUT2D eigenvalue weighted by atomic mass is 16.4. The molecule has 0 radical (unpaired) electrons. The molecule has 0 aliphatic heterocycles. The molecule has 110 valence electrons. The van der Waals surface area contributed by atoms with Gasteiger partial charge in [-0.2, -0.15) is 0 Å². The van der Waals surface area contributed by atoms with Crippen molar-refractivity contribution < 1.29 is 15.0 Å². The van der Waals surface area contributed by atoms with Crippen LogP contribution in [0.5, 0.6) is 5.75 Å². The number of aromatic carboxylic acids is 1. The molecule has 0 saturated heterocycles. The summed E-state index contributed by atoms with van der Waals surface area (Å²) < 4.78 is 1.97. The first kappa shape index (κ1) is 13.9. The maximum Gasteiger partial charge on any atom is 0.339 e. The summed E-state index contributed by atoms with van der Waals surface area (Å²) in [4.78, 5) is 11.2. The predicted octanol–water partition coefficient (Wildman–Crippen LogP) is 3.86. The summed E-state index contributed by atoms with van der Waals surface area (Å²) in [5, 5.41) is 18.8. The number of phenols is 1. The highest BCUT2D eigenvalue weighted by molar-refractivity contribution is 5.91. The van der Waals surface area contributed by atoms with Crippen LogP contribution >= 0.6 is 0 Å². The summed E-state index contributed by atoms with van der Waals surface area (Å²) in [7, 11) is 0. The van der Waals surface area contributed by atoms with E-state index < -0.39 is 5.97 Å². The van der Waals surface area contributed by atoms with E-state index in [9.17, 15) is 15.0 Å². The maximum absolute atomic E-state index is 11.2. The van der Waals surface area contributed by atoms with E-state index in [-0.39, 0.29) is 11.3 Å². The van der Waals surface area contributed by atoms with Crippen molar-refractivity contribution in [1.82, 2.24) is 4.57 Å². The number of aryl methyl sites for hydroxylation is 1. The number of aromatic nitrogens is 1. The fourth-order valence-electron chi connectivity index (χ4n) is 2.55. The van der Waals surface area contributed by atoms with Crippen LogP contribution in [0.25, 0.3) is 16.9 Å². The lowest BCUT2D eigenvalue weighted by molar-refractivity contribution is 0.0693. The fourth-order valence-corrected chi connectivity index (χ4v) is 2.55. The van der Waals surface area contributed by atoms with Crippen LogP contribution in [0.2, 0.25) is 0 Å². The molecule has 0 amide bonds. The number of rotatable bonds is 3. The van der Waals surface area contributed by atoms with Gasteiger partial charge in [0.15, 0.2) is 0 Å². The molecule has 22 heavy (non-hydrogen) atoms. The van der Waals surface area contributed by atoms with E-state index in [1.54, 1.807) is 6.07 Å². The van der Waals surface area contributed by atoms with Gasteiger partial charge in [0.25, 0.3) is 0 Å². The number of hydrogen-bond acceptors (Lipinski definition) is 2. The quantitative estimate of drug-likeness (QED) is 0.771. The SMILES string of the molecule is Cc1ccc(-c2ccccc2)n1-c1ccc(O)c(C(=O)O)c1. The molecule has 4 heteroatoms. The number of nitrogens with zero attached hydrogens (tertiary/aromatic N) is 1. The van der Waals surface area contributed by atoms with E-state index >= 15 is 0 Å². The molecule has 0 atom stereocenters. The maximum atomic E-state index is 11.2. The third-order valence-corrected chi connectivity index (χ3v) is 3.61. The fraction of sp³-hybridized carbons (Fsp3) is 0.0556. The summed E-state index contributed by atoms with van der Waals surface area (Å²) in [6, 6.07) is 18.5. The Morgan fingerprint density at radius 1 is 1.00 bits per heavy atom.